The maximum absolute atomic E-state index is 11.7. The van der Waals surface area contributed by atoms with E-state index in [1.807, 2.05) is 43.5 Å². The van der Waals surface area contributed by atoms with E-state index in [9.17, 15) is 4.79 Å². The van der Waals surface area contributed by atoms with Gasteiger partial charge in [-0.2, -0.15) is 0 Å². The van der Waals surface area contributed by atoms with Gasteiger partial charge in [-0.3, -0.25) is 4.79 Å². The predicted octanol–water partition coefficient (Wildman–Crippen LogP) is 3.54. The molecular formula is C14H15NO2S. The summed E-state index contributed by atoms with van der Waals surface area (Å²) >= 11 is 1.62. The van der Waals surface area contributed by atoms with Crippen LogP contribution < -0.4 is 5.32 Å². The van der Waals surface area contributed by atoms with Crippen LogP contribution in [0.15, 0.2) is 40.3 Å². The zero-order chi connectivity index (χ0) is 13.0. The summed E-state index contributed by atoms with van der Waals surface area (Å²) in [5, 5.41) is 4.86. The highest BCUT2D eigenvalue weighted by molar-refractivity contribution is 7.11. The highest BCUT2D eigenvalue weighted by Crippen LogP contribution is 2.17. The van der Waals surface area contributed by atoms with E-state index in [2.05, 4.69) is 5.32 Å². The SMILES string of the molecule is Cc1ccsc1/C=C/C(=O)N[C@H](C)c1ccco1. The number of nitrogens with one attached hydrogen (secondary N) is 1. The molecular weight excluding hydrogens is 246 g/mol. The van der Waals surface area contributed by atoms with Gasteiger partial charge in [0.25, 0.3) is 0 Å². The van der Waals surface area contributed by atoms with Gasteiger partial charge in [0.1, 0.15) is 5.76 Å². The average Bonchev–Trinajstić information content (AvgIpc) is 2.97. The second-order valence-electron chi connectivity index (χ2n) is 4.05. The van der Waals surface area contributed by atoms with Crippen LogP contribution in [0.3, 0.4) is 0 Å². The molecule has 0 aromatic carbocycles. The van der Waals surface area contributed by atoms with E-state index in [4.69, 9.17) is 4.42 Å². The van der Waals surface area contributed by atoms with Crippen LogP contribution >= 0.6 is 11.3 Å². The van der Waals surface area contributed by atoms with Crippen molar-refractivity contribution in [3.63, 3.8) is 0 Å². The van der Waals surface area contributed by atoms with Crippen molar-refractivity contribution in [2.75, 3.05) is 0 Å². The number of hydrogen-bond acceptors (Lipinski definition) is 3. The summed E-state index contributed by atoms with van der Waals surface area (Å²) in [6, 6.07) is 5.57. The fourth-order valence-corrected chi connectivity index (χ4v) is 2.40. The van der Waals surface area contributed by atoms with Crippen molar-refractivity contribution in [2.24, 2.45) is 0 Å². The van der Waals surface area contributed by atoms with Crippen LogP contribution in [0.2, 0.25) is 0 Å². The summed E-state index contributed by atoms with van der Waals surface area (Å²) < 4.78 is 5.23. The largest absolute Gasteiger partial charge is 0.467 e. The molecule has 0 bridgehead atoms. The number of thiophene rings is 1. The minimum Gasteiger partial charge on any atom is -0.467 e. The number of rotatable bonds is 4. The smallest absolute Gasteiger partial charge is 0.244 e. The van der Waals surface area contributed by atoms with Gasteiger partial charge in [-0.15, -0.1) is 11.3 Å². The third kappa shape index (κ3) is 3.11. The number of furan rings is 1. The Morgan fingerprint density at radius 3 is 2.94 bits per heavy atom. The van der Waals surface area contributed by atoms with Crippen LogP contribution in [0, 0.1) is 6.92 Å². The molecule has 2 aromatic heterocycles. The highest BCUT2D eigenvalue weighted by Gasteiger charge is 2.09. The molecule has 1 atom stereocenters. The molecule has 0 unspecified atom stereocenters. The van der Waals surface area contributed by atoms with Gasteiger partial charge in [0.15, 0.2) is 0 Å². The van der Waals surface area contributed by atoms with Gasteiger partial charge in [0.05, 0.1) is 12.3 Å². The van der Waals surface area contributed by atoms with Crippen molar-refractivity contribution >= 4 is 23.3 Å². The van der Waals surface area contributed by atoms with Gasteiger partial charge in [-0.05, 0) is 49.1 Å². The van der Waals surface area contributed by atoms with Gasteiger partial charge in [-0.1, -0.05) is 0 Å². The van der Waals surface area contributed by atoms with Crippen molar-refractivity contribution in [3.05, 3.63) is 52.1 Å². The Kier molecular flexibility index (Phi) is 3.99. The zero-order valence-electron chi connectivity index (χ0n) is 10.3. The lowest BCUT2D eigenvalue weighted by Crippen LogP contribution is -2.24. The Balaban J connectivity index is 1.93. The van der Waals surface area contributed by atoms with Gasteiger partial charge in [0, 0.05) is 11.0 Å². The van der Waals surface area contributed by atoms with E-state index in [1.54, 1.807) is 23.7 Å². The molecule has 94 valence electrons. The van der Waals surface area contributed by atoms with E-state index >= 15 is 0 Å². The second-order valence-corrected chi connectivity index (χ2v) is 4.99. The van der Waals surface area contributed by atoms with Gasteiger partial charge >= 0.3 is 0 Å². The van der Waals surface area contributed by atoms with Crippen LogP contribution in [-0.4, -0.2) is 5.91 Å². The summed E-state index contributed by atoms with van der Waals surface area (Å²) in [6.07, 6.45) is 4.99. The van der Waals surface area contributed by atoms with Crippen LogP contribution in [-0.2, 0) is 4.79 Å². The van der Waals surface area contributed by atoms with E-state index < -0.39 is 0 Å². The summed E-state index contributed by atoms with van der Waals surface area (Å²) in [5.74, 6) is 0.635. The Labute approximate surface area is 110 Å². The van der Waals surface area contributed by atoms with Gasteiger partial charge < -0.3 is 9.73 Å². The van der Waals surface area contributed by atoms with Crippen molar-refractivity contribution < 1.29 is 9.21 Å². The number of aryl methyl sites for hydroxylation is 1. The van der Waals surface area contributed by atoms with E-state index in [-0.39, 0.29) is 11.9 Å². The summed E-state index contributed by atoms with van der Waals surface area (Å²) in [7, 11) is 0. The first-order valence-electron chi connectivity index (χ1n) is 5.73. The fraction of sp³-hybridized carbons (Fsp3) is 0.214. The molecule has 0 saturated carbocycles. The first kappa shape index (κ1) is 12.6. The summed E-state index contributed by atoms with van der Waals surface area (Å²) in [5.41, 5.74) is 1.18. The van der Waals surface area contributed by atoms with Crippen molar-refractivity contribution in [1.29, 1.82) is 0 Å². The predicted molar refractivity (Wildman–Crippen MR) is 73.4 cm³/mol. The molecule has 0 aliphatic rings. The molecule has 0 saturated heterocycles. The van der Waals surface area contributed by atoms with Crippen LogP contribution in [0.25, 0.3) is 6.08 Å². The molecule has 0 spiro atoms. The lowest BCUT2D eigenvalue weighted by atomic mass is 10.2. The standard InChI is InChI=1S/C14H15NO2S/c1-10-7-9-18-13(10)5-6-14(16)15-11(2)12-4-3-8-17-12/h3-9,11H,1-2H3,(H,15,16)/b6-5+/t11-/m1/s1. The molecule has 3 nitrogen and oxygen atoms in total. The minimum absolute atomic E-state index is 0.119. The second kappa shape index (κ2) is 5.69. The van der Waals surface area contributed by atoms with Gasteiger partial charge in [0.2, 0.25) is 5.91 Å². The Bertz CT molecular complexity index is 540. The summed E-state index contributed by atoms with van der Waals surface area (Å²) in [4.78, 5) is 12.8. The van der Waals surface area contributed by atoms with Crippen molar-refractivity contribution in [3.8, 4) is 0 Å². The first-order valence-corrected chi connectivity index (χ1v) is 6.61. The molecule has 18 heavy (non-hydrogen) atoms. The monoisotopic (exact) mass is 261 g/mol. The molecule has 2 aromatic rings. The molecule has 0 fully saturated rings. The topological polar surface area (TPSA) is 42.2 Å². The van der Waals surface area contributed by atoms with E-state index in [0.29, 0.717) is 0 Å². The lowest BCUT2D eigenvalue weighted by molar-refractivity contribution is -0.117. The summed E-state index contributed by atoms with van der Waals surface area (Å²) in [6.45, 7) is 3.92. The van der Waals surface area contributed by atoms with Gasteiger partial charge in [-0.25, -0.2) is 0 Å². The molecule has 0 aliphatic heterocycles. The molecule has 0 aliphatic carbocycles. The van der Waals surface area contributed by atoms with Crippen molar-refractivity contribution in [1.82, 2.24) is 5.32 Å². The molecule has 1 amide bonds. The lowest BCUT2D eigenvalue weighted by Gasteiger charge is -2.08. The zero-order valence-corrected chi connectivity index (χ0v) is 11.2. The number of hydrogen-bond donors (Lipinski definition) is 1. The highest BCUT2D eigenvalue weighted by atomic mass is 32.1. The molecule has 2 heterocycles. The minimum atomic E-state index is -0.124. The van der Waals surface area contributed by atoms with Crippen molar-refractivity contribution in [2.45, 2.75) is 19.9 Å². The number of carbonyl (C=O) groups excluding carboxylic acids is 1. The van der Waals surface area contributed by atoms with Crippen LogP contribution in [0.4, 0.5) is 0 Å². The third-order valence-electron chi connectivity index (χ3n) is 2.62. The van der Waals surface area contributed by atoms with E-state index in [0.717, 1.165) is 10.6 Å². The number of carbonyl (C=O) groups is 1. The fourth-order valence-electron chi connectivity index (χ4n) is 1.58. The quantitative estimate of drug-likeness (QED) is 0.855. The van der Waals surface area contributed by atoms with E-state index in [1.165, 1.54) is 5.56 Å². The Morgan fingerprint density at radius 2 is 2.33 bits per heavy atom. The third-order valence-corrected chi connectivity index (χ3v) is 3.60. The Hall–Kier alpha value is -1.81. The maximum atomic E-state index is 11.7. The Morgan fingerprint density at radius 1 is 1.50 bits per heavy atom. The number of amides is 1. The molecule has 1 N–H and O–H groups in total. The average molecular weight is 261 g/mol. The van der Waals surface area contributed by atoms with Crippen LogP contribution in [0.1, 0.15) is 29.2 Å². The van der Waals surface area contributed by atoms with Crippen LogP contribution in [0.5, 0.6) is 0 Å². The first-order chi connectivity index (χ1) is 8.66. The molecule has 0 radical (unpaired) electrons. The maximum Gasteiger partial charge on any atom is 0.244 e. The molecule has 4 heteroatoms. The molecule has 2 rings (SSSR count). The normalized spacial score (nSPS) is 12.8.